The highest BCUT2D eigenvalue weighted by Gasteiger charge is 2.29. The number of fused-ring (bicyclic) bond motifs is 3. The van der Waals surface area contributed by atoms with Crippen molar-refractivity contribution in [1.82, 2.24) is 15.2 Å². The van der Waals surface area contributed by atoms with Crippen LogP contribution in [0.15, 0.2) is 60.8 Å². The third kappa shape index (κ3) is 3.30. The van der Waals surface area contributed by atoms with Crippen LogP contribution < -0.4 is 11.1 Å². The van der Waals surface area contributed by atoms with Gasteiger partial charge in [0.05, 0.1) is 12.2 Å². The van der Waals surface area contributed by atoms with Crippen LogP contribution in [0.3, 0.4) is 0 Å². The van der Waals surface area contributed by atoms with Crippen LogP contribution in [0.4, 0.5) is 0 Å². The third-order valence-corrected chi connectivity index (χ3v) is 5.27. The molecule has 7 heteroatoms. The van der Waals surface area contributed by atoms with Crippen molar-refractivity contribution in [2.75, 3.05) is 13.6 Å². The molecule has 3 N–H and O–H groups in total. The lowest BCUT2D eigenvalue weighted by molar-refractivity contribution is -0.114. The Morgan fingerprint density at radius 2 is 1.97 bits per heavy atom. The summed E-state index contributed by atoms with van der Waals surface area (Å²) < 4.78 is 0. The number of primary amides is 1. The SMILES string of the molecule is C=C(CN1Cc2c(ccc3ccc(-c4cc(C(=O)NC)ccn4)cc23)C1=O)C(N)=O. The Morgan fingerprint density at radius 3 is 2.70 bits per heavy atom. The molecule has 3 amide bonds. The zero-order valence-corrected chi connectivity index (χ0v) is 16.4. The molecule has 1 aromatic heterocycles. The average Bonchev–Trinajstić information content (AvgIpc) is 3.08. The predicted molar refractivity (Wildman–Crippen MR) is 114 cm³/mol. The Labute approximate surface area is 173 Å². The van der Waals surface area contributed by atoms with Crippen LogP contribution in [0.25, 0.3) is 22.0 Å². The number of pyridine rings is 1. The first-order valence-electron chi connectivity index (χ1n) is 9.40. The fourth-order valence-corrected chi connectivity index (χ4v) is 3.65. The largest absolute Gasteiger partial charge is 0.366 e. The van der Waals surface area contributed by atoms with Crippen molar-refractivity contribution < 1.29 is 14.4 Å². The van der Waals surface area contributed by atoms with Crippen molar-refractivity contribution in [3.05, 3.63) is 77.5 Å². The minimum absolute atomic E-state index is 0.0970. The number of nitrogens with zero attached hydrogens (tertiary/aromatic N) is 2. The molecule has 7 nitrogen and oxygen atoms in total. The van der Waals surface area contributed by atoms with Gasteiger partial charge in [-0.1, -0.05) is 24.8 Å². The molecular weight excluding hydrogens is 380 g/mol. The van der Waals surface area contributed by atoms with E-state index >= 15 is 0 Å². The third-order valence-electron chi connectivity index (χ3n) is 5.27. The van der Waals surface area contributed by atoms with Gasteiger partial charge in [-0.05, 0) is 40.6 Å². The van der Waals surface area contributed by atoms with Gasteiger partial charge in [-0.2, -0.15) is 0 Å². The van der Waals surface area contributed by atoms with Gasteiger partial charge < -0.3 is 16.0 Å². The second kappa shape index (κ2) is 7.44. The standard InChI is InChI=1S/C23H20N4O3/c1-13(21(24)28)11-27-12-19-17(23(27)30)6-5-14-3-4-15(9-18(14)19)20-10-16(7-8-26-20)22(29)25-2/h3-10H,1,11-12H2,2H3,(H2,24,28)(H,25,29). The van der Waals surface area contributed by atoms with E-state index in [0.29, 0.717) is 23.4 Å². The van der Waals surface area contributed by atoms with Crippen molar-refractivity contribution in [2.45, 2.75) is 6.54 Å². The van der Waals surface area contributed by atoms with Gasteiger partial charge in [0.15, 0.2) is 0 Å². The van der Waals surface area contributed by atoms with E-state index < -0.39 is 5.91 Å². The number of hydrogen-bond acceptors (Lipinski definition) is 4. The van der Waals surface area contributed by atoms with Gasteiger partial charge in [0.1, 0.15) is 0 Å². The lowest BCUT2D eigenvalue weighted by Crippen LogP contribution is -2.30. The van der Waals surface area contributed by atoms with Gasteiger partial charge in [0.25, 0.3) is 11.8 Å². The number of carbonyl (C=O) groups excluding carboxylic acids is 3. The van der Waals surface area contributed by atoms with Gasteiger partial charge in [-0.25, -0.2) is 0 Å². The lowest BCUT2D eigenvalue weighted by Gasteiger charge is -2.15. The second-order valence-electron chi connectivity index (χ2n) is 7.17. The molecule has 4 rings (SSSR count). The summed E-state index contributed by atoms with van der Waals surface area (Å²) in [7, 11) is 1.58. The van der Waals surface area contributed by atoms with Gasteiger partial charge >= 0.3 is 0 Å². The maximum atomic E-state index is 12.8. The van der Waals surface area contributed by atoms with Gasteiger partial charge in [-0.3, -0.25) is 19.4 Å². The smallest absolute Gasteiger partial charge is 0.254 e. The van der Waals surface area contributed by atoms with Crippen LogP contribution >= 0.6 is 0 Å². The molecule has 2 aromatic carbocycles. The minimum atomic E-state index is -0.618. The molecule has 0 unspecified atom stereocenters. The number of nitrogens with two attached hydrogens (primary N) is 1. The summed E-state index contributed by atoms with van der Waals surface area (Å²) in [5.74, 6) is -0.955. The van der Waals surface area contributed by atoms with E-state index in [0.717, 1.165) is 21.9 Å². The second-order valence-corrected chi connectivity index (χ2v) is 7.17. The highest BCUT2D eigenvalue weighted by molar-refractivity contribution is 6.05. The molecule has 0 fully saturated rings. The highest BCUT2D eigenvalue weighted by Crippen LogP contribution is 2.33. The summed E-state index contributed by atoms with van der Waals surface area (Å²) in [6, 6.07) is 13.0. The number of aromatic nitrogens is 1. The molecule has 150 valence electrons. The summed E-state index contributed by atoms with van der Waals surface area (Å²) in [6.07, 6.45) is 1.60. The molecule has 0 saturated heterocycles. The van der Waals surface area contributed by atoms with Crippen molar-refractivity contribution in [1.29, 1.82) is 0 Å². The molecule has 3 aromatic rings. The van der Waals surface area contributed by atoms with E-state index in [1.165, 1.54) is 0 Å². The maximum Gasteiger partial charge on any atom is 0.254 e. The average molecular weight is 400 g/mol. The molecule has 2 heterocycles. The molecule has 0 spiro atoms. The first-order valence-corrected chi connectivity index (χ1v) is 9.40. The van der Waals surface area contributed by atoms with Crippen LogP contribution in [0, 0.1) is 0 Å². The summed E-state index contributed by atoms with van der Waals surface area (Å²) >= 11 is 0. The Kier molecular flexibility index (Phi) is 4.79. The van der Waals surface area contributed by atoms with E-state index in [2.05, 4.69) is 16.9 Å². The molecule has 0 bridgehead atoms. The normalized spacial score (nSPS) is 12.7. The van der Waals surface area contributed by atoms with Crippen molar-refractivity contribution >= 4 is 28.5 Å². The summed E-state index contributed by atoms with van der Waals surface area (Å²) in [6.45, 7) is 4.12. The Morgan fingerprint density at radius 1 is 1.20 bits per heavy atom. The fourth-order valence-electron chi connectivity index (χ4n) is 3.65. The first-order chi connectivity index (χ1) is 14.4. The van der Waals surface area contributed by atoms with Crippen molar-refractivity contribution in [3.8, 4) is 11.3 Å². The zero-order chi connectivity index (χ0) is 21.4. The fraction of sp³-hybridized carbons (Fsp3) is 0.130. The Hall–Kier alpha value is -4.00. The highest BCUT2D eigenvalue weighted by atomic mass is 16.2. The molecule has 1 aliphatic rings. The summed E-state index contributed by atoms with van der Waals surface area (Å²) in [5, 5.41) is 4.52. The van der Waals surface area contributed by atoms with E-state index in [1.54, 1.807) is 36.3 Å². The van der Waals surface area contributed by atoms with Crippen LogP contribution in [0.2, 0.25) is 0 Å². The number of rotatable bonds is 5. The van der Waals surface area contributed by atoms with Gasteiger partial charge in [0, 0.05) is 42.1 Å². The Balaban J connectivity index is 1.75. The van der Waals surface area contributed by atoms with Crippen LogP contribution in [-0.2, 0) is 11.3 Å². The lowest BCUT2D eigenvalue weighted by atomic mass is 9.97. The molecule has 0 aliphatic carbocycles. The van der Waals surface area contributed by atoms with Crippen molar-refractivity contribution in [2.24, 2.45) is 5.73 Å². The van der Waals surface area contributed by atoms with Gasteiger partial charge in [0.2, 0.25) is 5.91 Å². The minimum Gasteiger partial charge on any atom is -0.366 e. The number of carbonyl (C=O) groups is 3. The quantitative estimate of drug-likeness (QED) is 0.641. The van der Waals surface area contributed by atoms with Gasteiger partial charge in [-0.15, -0.1) is 0 Å². The molecule has 0 saturated carbocycles. The molecule has 0 radical (unpaired) electrons. The topological polar surface area (TPSA) is 105 Å². The first kappa shape index (κ1) is 19.3. The zero-order valence-electron chi connectivity index (χ0n) is 16.4. The summed E-state index contributed by atoms with van der Waals surface area (Å²) in [5.41, 5.74) is 8.98. The number of amides is 3. The van der Waals surface area contributed by atoms with Crippen molar-refractivity contribution in [3.63, 3.8) is 0 Å². The number of hydrogen-bond donors (Lipinski definition) is 2. The number of nitrogens with one attached hydrogen (secondary N) is 1. The number of benzene rings is 2. The predicted octanol–water partition coefficient (Wildman–Crippen LogP) is 2.26. The van der Waals surface area contributed by atoms with E-state index in [1.807, 2.05) is 24.3 Å². The molecule has 30 heavy (non-hydrogen) atoms. The van der Waals surface area contributed by atoms with Crippen LogP contribution in [0.1, 0.15) is 26.3 Å². The van der Waals surface area contributed by atoms with E-state index in [-0.39, 0.29) is 23.9 Å². The Bertz CT molecular complexity index is 1230. The van der Waals surface area contributed by atoms with Crippen LogP contribution in [0.5, 0.6) is 0 Å². The molecule has 0 atom stereocenters. The maximum absolute atomic E-state index is 12.8. The monoisotopic (exact) mass is 400 g/mol. The molecule has 1 aliphatic heterocycles. The van der Waals surface area contributed by atoms with E-state index in [9.17, 15) is 14.4 Å². The summed E-state index contributed by atoms with van der Waals surface area (Å²) in [4.78, 5) is 42.0. The van der Waals surface area contributed by atoms with E-state index in [4.69, 9.17) is 5.73 Å². The molecular formula is C23H20N4O3. The van der Waals surface area contributed by atoms with Crippen LogP contribution in [-0.4, -0.2) is 41.2 Å².